The predicted octanol–water partition coefficient (Wildman–Crippen LogP) is 0.920. The quantitative estimate of drug-likeness (QED) is 0.774. The molecule has 19 heavy (non-hydrogen) atoms. The number of anilines is 1. The molecule has 0 unspecified atom stereocenters. The smallest absolute Gasteiger partial charge is 0.324 e. The summed E-state index contributed by atoms with van der Waals surface area (Å²) in [6, 6.07) is 9.67. The molecule has 0 radical (unpaired) electrons. The van der Waals surface area contributed by atoms with Gasteiger partial charge in [0.15, 0.2) is 0 Å². The molecule has 0 atom stereocenters. The Morgan fingerprint density at radius 2 is 1.63 bits per heavy atom. The second-order valence-electron chi connectivity index (χ2n) is 3.47. The second-order valence-corrected chi connectivity index (χ2v) is 3.47. The number of rotatable bonds is 6. The summed E-state index contributed by atoms with van der Waals surface area (Å²) >= 11 is 0. The van der Waals surface area contributed by atoms with Gasteiger partial charge in [-0.15, -0.1) is 4.98 Å². The van der Waals surface area contributed by atoms with E-state index in [9.17, 15) is 0 Å². The summed E-state index contributed by atoms with van der Waals surface area (Å²) in [4.78, 5) is 11.5. The molecular formula is C12H14N4O3. The highest BCUT2D eigenvalue weighted by Gasteiger charge is 2.05. The molecule has 1 aromatic heterocycles. The number of para-hydroxylation sites is 1. The fraction of sp³-hybridized carbons (Fsp3) is 0.250. The third-order valence-electron chi connectivity index (χ3n) is 2.12. The molecular weight excluding hydrogens is 248 g/mol. The molecule has 2 aromatic rings. The molecule has 7 heteroatoms. The molecule has 1 heterocycles. The number of methoxy groups -OCH3 is 1. The lowest BCUT2D eigenvalue weighted by atomic mass is 10.3. The Kier molecular flexibility index (Phi) is 4.33. The summed E-state index contributed by atoms with van der Waals surface area (Å²) in [5.41, 5.74) is 5.48. The number of benzene rings is 1. The van der Waals surface area contributed by atoms with Gasteiger partial charge in [-0.1, -0.05) is 18.2 Å². The molecule has 0 spiro atoms. The van der Waals surface area contributed by atoms with Gasteiger partial charge in [-0.25, -0.2) is 0 Å². The largest absolute Gasteiger partial charge is 0.490 e. The van der Waals surface area contributed by atoms with Crippen LogP contribution in [0.4, 0.5) is 5.95 Å². The van der Waals surface area contributed by atoms with Crippen LogP contribution in [0.2, 0.25) is 0 Å². The van der Waals surface area contributed by atoms with Gasteiger partial charge in [-0.3, -0.25) is 0 Å². The van der Waals surface area contributed by atoms with Crippen molar-refractivity contribution in [3.8, 4) is 17.8 Å². The number of nitrogens with two attached hydrogens (primary N) is 1. The van der Waals surface area contributed by atoms with E-state index in [2.05, 4.69) is 15.0 Å². The highest BCUT2D eigenvalue weighted by atomic mass is 16.5. The third-order valence-corrected chi connectivity index (χ3v) is 2.12. The number of nitrogens with zero attached hydrogens (tertiary/aromatic N) is 3. The van der Waals surface area contributed by atoms with Crippen LogP contribution in [0.25, 0.3) is 0 Å². The van der Waals surface area contributed by atoms with Gasteiger partial charge in [-0.2, -0.15) is 9.97 Å². The number of ether oxygens (including phenoxy) is 3. The SMILES string of the molecule is COc1nc(N)nc(OCCOc2ccccc2)n1. The van der Waals surface area contributed by atoms with E-state index in [1.807, 2.05) is 30.3 Å². The summed E-state index contributed by atoms with van der Waals surface area (Å²) in [6.07, 6.45) is 0. The lowest BCUT2D eigenvalue weighted by Crippen LogP contribution is -2.12. The first-order chi connectivity index (χ1) is 9.28. The van der Waals surface area contributed by atoms with Crippen molar-refractivity contribution in [2.24, 2.45) is 0 Å². The van der Waals surface area contributed by atoms with Crippen LogP contribution in [0.5, 0.6) is 17.8 Å². The molecule has 0 aliphatic heterocycles. The zero-order valence-corrected chi connectivity index (χ0v) is 10.4. The van der Waals surface area contributed by atoms with Crippen molar-refractivity contribution in [3.05, 3.63) is 30.3 Å². The lowest BCUT2D eigenvalue weighted by molar-refractivity contribution is 0.203. The Labute approximate surface area is 110 Å². The molecule has 0 fully saturated rings. The van der Waals surface area contributed by atoms with Gasteiger partial charge in [0.2, 0.25) is 5.95 Å². The molecule has 0 saturated carbocycles. The average Bonchev–Trinajstić information content (AvgIpc) is 2.44. The number of hydrogen-bond acceptors (Lipinski definition) is 7. The molecule has 0 amide bonds. The van der Waals surface area contributed by atoms with E-state index < -0.39 is 0 Å². The summed E-state index contributed by atoms with van der Waals surface area (Å²) in [5, 5.41) is 0. The Morgan fingerprint density at radius 1 is 0.947 bits per heavy atom. The molecule has 0 aliphatic rings. The van der Waals surface area contributed by atoms with Crippen molar-refractivity contribution in [2.75, 3.05) is 26.1 Å². The van der Waals surface area contributed by atoms with E-state index in [-0.39, 0.29) is 18.0 Å². The molecule has 1 aromatic carbocycles. The standard InChI is InChI=1S/C12H14N4O3/c1-17-11-14-10(13)15-12(16-11)19-8-7-18-9-5-3-2-4-6-9/h2-6H,7-8H2,1H3,(H2,13,14,15,16). The van der Waals surface area contributed by atoms with Gasteiger partial charge < -0.3 is 19.9 Å². The summed E-state index contributed by atoms with van der Waals surface area (Å²) in [5.74, 6) is 0.824. The molecule has 2 N–H and O–H groups in total. The molecule has 0 bridgehead atoms. The molecule has 2 rings (SSSR count). The van der Waals surface area contributed by atoms with Crippen LogP contribution in [0.3, 0.4) is 0 Å². The highest BCUT2D eigenvalue weighted by Crippen LogP contribution is 2.11. The maximum Gasteiger partial charge on any atom is 0.324 e. The normalized spacial score (nSPS) is 9.95. The van der Waals surface area contributed by atoms with Crippen LogP contribution >= 0.6 is 0 Å². The molecule has 100 valence electrons. The van der Waals surface area contributed by atoms with E-state index >= 15 is 0 Å². The van der Waals surface area contributed by atoms with Crippen molar-refractivity contribution in [1.29, 1.82) is 0 Å². The highest BCUT2D eigenvalue weighted by molar-refractivity contribution is 5.21. The van der Waals surface area contributed by atoms with Crippen LogP contribution in [0.15, 0.2) is 30.3 Å². The fourth-order valence-electron chi connectivity index (χ4n) is 1.32. The maximum absolute atomic E-state index is 5.48. The minimum absolute atomic E-state index is 0.0471. The summed E-state index contributed by atoms with van der Waals surface area (Å²) in [6.45, 7) is 0.666. The van der Waals surface area contributed by atoms with E-state index in [1.54, 1.807) is 0 Å². The van der Waals surface area contributed by atoms with Crippen LogP contribution in [0, 0.1) is 0 Å². The molecule has 0 saturated heterocycles. The van der Waals surface area contributed by atoms with Crippen LogP contribution in [-0.4, -0.2) is 35.3 Å². The Bertz CT molecular complexity index is 522. The van der Waals surface area contributed by atoms with Gasteiger partial charge in [0.1, 0.15) is 19.0 Å². The van der Waals surface area contributed by atoms with Crippen LogP contribution in [0.1, 0.15) is 0 Å². The summed E-state index contributed by atoms with van der Waals surface area (Å²) < 4.78 is 15.6. The van der Waals surface area contributed by atoms with Crippen LogP contribution in [-0.2, 0) is 0 Å². The van der Waals surface area contributed by atoms with Gasteiger partial charge in [0.25, 0.3) is 0 Å². The van der Waals surface area contributed by atoms with E-state index in [1.165, 1.54) is 7.11 Å². The van der Waals surface area contributed by atoms with Gasteiger partial charge >= 0.3 is 12.0 Å². The maximum atomic E-state index is 5.48. The van der Waals surface area contributed by atoms with Crippen LogP contribution < -0.4 is 19.9 Å². The third kappa shape index (κ3) is 3.98. The second kappa shape index (κ2) is 6.39. The van der Waals surface area contributed by atoms with E-state index in [0.717, 1.165) is 5.75 Å². The van der Waals surface area contributed by atoms with E-state index in [4.69, 9.17) is 19.9 Å². The first-order valence-corrected chi connectivity index (χ1v) is 5.64. The minimum Gasteiger partial charge on any atom is -0.490 e. The Morgan fingerprint density at radius 3 is 2.37 bits per heavy atom. The number of hydrogen-bond donors (Lipinski definition) is 1. The summed E-state index contributed by atoms with van der Waals surface area (Å²) in [7, 11) is 1.44. The minimum atomic E-state index is 0.0471. The monoisotopic (exact) mass is 262 g/mol. The Hall–Kier alpha value is -2.57. The average molecular weight is 262 g/mol. The van der Waals surface area contributed by atoms with Crippen molar-refractivity contribution in [1.82, 2.24) is 15.0 Å². The van der Waals surface area contributed by atoms with Crippen molar-refractivity contribution in [3.63, 3.8) is 0 Å². The first-order valence-electron chi connectivity index (χ1n) is 5.64. The zero-order chi connectivity index (χ0) is 13.5. The fourth-order valence-corrected chi connectivity index (χ4v) is 1.32. The van der Waals surface area contributed by atoms with Gasteiger partial charge in [-0.05, 0) is 12.1 Å². The number of aromatic nitrogens is 3. The first kappa shape index (κ1) is 12.9. The van der Waals surface area contributed by atoms with Gasteiger partial charge in [0, 0.05) is 0 Å². The predicted molar refractivity (Wildman–Crippen MR) is 68.2 cm³/mol. The molecule has 0 aliphatic carbocycles. The zero-order valence-electron chi connectivity index (χ0n) is 10.4. The Balaban J connectivity index is 1.81. The molecule has 7 nitrogen and oxygen atoms in total. The lowest BCUT2D eigenvalue weighted by Gasteiger charge is -2.07. The van der Waals surface area contributed by atoms with Crippen molar-refractivity contribution in [2.45, 2.75) is 0 Å². The number of nitrogen functional groups attached to an aromatic ring is 1. The van der Waals surface area contributed by atoms with E-state index in [0.29, 0.717) is 13.2 Å². The van der Waals surface area contributed by atoms with Crippen molar-refractivity contribution < 1.29 is 14.2 Å². The topological polar surface area (TPSA) is 92.4 Å². The van der Waals surface area contributed by atoms with Crippen molar-refractivity contribution >= 4 is 5.95 Å². The van der Waals surface area contributed by atoms with Gasteiger partial charge in [0.05, 0.1) is 7.11 Å².